The minimum absolute atomic E-state index is 0.0729. The van der Waals surface area contributed by atoms with Crippen LogP contribution in [-0.2, 0) is 28.9 Å². The quantitative estimate of drug-likeness (QED) is 0.299. The number of hydrogen-bond donors (Lipinski definition) is 1. The Hall–Kier alpha value is -2.09. The fraction of sp³-hybridized carbons (Fsp3) is 0.719. The van der Waals surface area contributed by atoms with Crippen molar-refractivity contribution in [3.05, 3.63) is 33.9 Å². The number of aliphatic hydroxyl groups is 1. The third kappa shape index (κ3) is 2.97. The van der Waals surface area contributed by atoms with Gasteiger partial charge in [0.2, 0.25) is 5.79 Å². The molecule has 2 bridgehead atoms. The number of ketones is 2. The van der Waals surface area contributed by atoms with Gasteiger partial charge in [0.1, 0.15) is 17.5 Å². The van der Waals surface area contributed by atoms with Gasteiger partial charge < -0.3 is 9.84 Å². The first-order valence-electron chi connectivity index (χ1n) is 14.5. The van der Waals surface area contributed by atoms with Crippen LogP contribution in [0.15, 0.2) is 33.9 Å². The Morgan fingerprint density at radius 3 is 2.36 bits per heavy atom. The van der Waals surface area contributed by atoms with Crippen LogP contribution in [0.3, 0.4) is 0 Å². The molecule has 9 atom stereocenters. The van der Waals surface area contributed by atoms with Crippen LogP contribution in [0.2, 0.25) is 0 Å². The lowest BCUT2D eigenvalue weighted by molar-refractivity contribution is -0.392. The highest BCUT2D eigenvalue weighted by Crippen LogP contribution is 2.80. The molecule has 0 aromatic heterocycles. The van der Waals surface area contributed by atoms with Crippen molar-refractivity contribution in [2.45, 2.75) is 99.1 Å². The SMILES string of the molecule is CC(=O)O[C@@H]1[C@@H]2C(C)=C3C[C@H](C(C)C)C(=O)C[C@H](C)[C@@]31[C@@H]1C(=O)C(C)=C3C=C4C(C)(C)OO[C@]4(O)C[C@@H](C)[C@]312. The zero-order valence-corrected chi connectivity index (χ0v) is 24.6. The molecule has 212 valence electrons. The zero-order chi connectivity index (χ0) is 28.6. The molecule has 1 heterocycles. The number of carbonyl (C=O) groups excluding carboxylic acids is 3. The molecule has 1 N–H and O–H groups in total. The van der Waals surface area contributed by atoms with E-state index in [1.165, 1.54) is 6.92 Å². The van der Waals surface area contributed by atoms with Crippen LogP contribution in [0.25, 0.3) is 0 Å². The monoisotopic (exact) mass is 538 g/mol. The maximum absolute atomic E-state index is 14.6. The van der Waals surface area contributed by atoms with E-state index >= 15 is 0 Å². The van der Waals surface area contributed by atoms with E-state index < -0.39 is 34.2 Å². The maximum atomic E-state index is 14.6. The van der Waals surface area contributed by atoms with Crippen molar-refractivity contribution in [1.82, 2.24) is 0 Å². The summed E-state index contributed by atoms with van der Waals surface area (Å²) in [7, 11) is 0. The van der Waals surface area contributed by atoms with Gasteiger partial charge in [0.15, 0.2) is 5.78 Å². The van der Waals surface area contributed by atoms with E-state index in [9.17, 15) is 19.5 Å². The third-order valence-corrected chi connectivity index (χ3v) is 11.6. The standard InChI is InChI=1S/C32H42O7/c1-14(2)20-11-21-17(5)25-28(37-19(7)33)32(21,15(3)10-23(20)34)27-26(35)18(6)22-12-24-29(8,9)38-39-30(24,36)13-16(4)31(22,25)27/h12,14-16,20,25,27-28,36H,10-11,13H2,1-9H3/t15-,16+,20+,25-,27+,28+,30+,31+,32-/m0/s1. The van der Waals surface area contributed by atoms with Gasteiger partial charge in [-0.25, -0.2) is 4.89 Å². The fourth-order valence-corrected chi connectivity index (χ4v) is 10.2. The van der Waals surface area contributed by atoms with E-state index in [4.69, 9.17) is 14.5 Å². The average molecular weight is 539 g/mol. The summed E-state index contributed by atoms with van der Waals surface area (Å²) < 4.78 is 6.29. The highest BCUT2D eigenvalue weighted by Gasteiger charge is 2.82. The second-order valence-electron chi connectivity index (χ2n) is 14.1. The first-order chi connectivity index (χ1) is 18.1. The number of rotatable bonds is 2. The maximum Gasteiger partial charge on any atom is 0.302 e. The summed E-state index contributed by atoms with van der Waals surface area (Å²) in [4.78, 5) is 52.1. The van der Waals surface area contributed by atoms with Crippen LogP contribution >= 0.6 is 0 Å². The third-order valence-electron chi connectivity index (χ3n) is 11.6. The molecule has 0 unspecified atom stereocenters. The number of Topliss-reactive ketones (excluding diaryl/α,β-unsaturated/α-hetero) is 2. The van der Waals surface area contributed by atoms with Gasteiger partial charge >= 0.3 is 5.97 Å². The lowest BCUT2D eigenvalue weighted by atomic mass is 9.51. The van der Waals surface area contributed by atoms with Gasteiger partial charge in [-0.2, -0.15) is 4.89 Å². The van der Waals surface area contributed by atoms with Gasteiger partial charge in [-0.3, -0.25) is 14.4 Å². The number of hydrogen-bond acceptors (Lipinski definition) is 7. The molecule has 0 aromatic carbocycles. The van der Waals surface area contributed by atoms with Crippen LogP contribution in [0.4, 0.5) is 0 Å². The minimum Gasteiger partial charge on any atom is -0.461 e. The molecule has 39 heavy (non-hydrogen) atoms. The largest absolute Gasteiger partial charge is 0.461 e. The molecule has 1 aliphatic heterocycles. The second-order valence-corrected chi connectivity index (χ2v) is 14.1. The van der Waals surface area contributed by atoms with E-state index in [1.54, 1.807) is 0 Å². The number of ether oxygens (including phenoxy) is 1. The Bertz CT molecular complexity index is 1300. The molecule has 1 saturated heterocycles. The molecule has 0 aromatic rings. The van der Waals surface area contributed by atoms with Gasteiger partial charge in [-0.05, 0) is 63.0 Å². The Balaban J connectivity index is 1.67. The van der Waals surface area contributed by atoms with Crippen LogP contribution in [0.1, 0.15) is 81.6 Å². The van der Waals surface area contributed by atoms with Gasteiger partial charge in [0, 0.05) is 53.9 Å². The first-order valence-corrected chi connectivity index (χ1v) is 14.5. The highest BCUT2D eigenvalue weighted by atomic mass is 17.2. The lowest BCUT2D eigenvalue weighted by Gasteiger charge is -2.50. The molecule has 0 radical (unpaired) electrons. The molecular weight excluding hydrogens is 496 g/mol. The minimum atomic E-state index is -1.62. The molecule has 7 heteroatoms. The summed E-state index contributed by atoms with van der Waals surface area (Å²) in [5.74, 6) is -2.77. The summed E-state index contributed by atoms with van der Waals surface area (Å²) in [6.07, 6.45) is 2.60. The molecule has 7 nitrogen and oxygen atoms in total. The summed E-state index contributed by atoms with van der Waals surface area (Å²) in [5.41, 5.74) is 2.15. The Labute approximate surface area is 230 Å². The van der Waals surface area contributed by atoms with Crippen molar-refractivity contribution in [3.63, 3.8) is 0 Å². The lowest BCUT2D eigenvalue weighted by Crippen LogP contribution is -2.50. The Kier molecular flexibility index (Phi) is 5.57. The predicted octanol–water partition coefficient (Wildman–Crippen LogP) is 5.03. The van der Waals surface area contributed by atoms with Crippen LogP contribution in [-0.4, -0.2) is 40.1 Å². The van der Waals surface area contributed by atoms with Gasteiger partial charge in [0.05, 0.1) is 0 Å². The van der Waals surface area contributed by atoms with Crippen LogP contribution in [0.5, 0.6) is 0 Å². The summed E-state index contributed by atoms with van der Waals surface area (Å²) in [6.45, 7) is 17.5. The highest BCUT2D eigenvalue weighted by molar-refractivity contribution is 6.05. The molecule has 6 aliphatic rings. The molecule has 2 saturated carbocycles. The van der Waals surface area contributed by atoms with Crippen molar-refractivity contribution >= 4 is 17.5 Å². The molecule has 5 aliphatic carbocycles. The Morgan fingerprint density at radius 1 is 1.08 bits per heavy atom. The molecule has 3 fully saturated rings. The van der Waals surface area contributed by atoms with Gasteiger partial charge in [-0.1, -0.05) is 44.9 Å². The van der Waals surface area contributed by atoms with Crippen molar-refractivity contribution in [2.75, 3.05) is 0 Å². The normalized spacial score (nSPS) is 46.1. The first kappa shape index (κ1) is 27.1. The number of fused-ring (bicyclic) bond motifs is 2. The van der Waals surface area contributed by atoms with E-state index in [-0.39, 0.29) is 53.5 Å². The van der Waals surface area contributed by atoms with Crippen LogP contribution < -0.4 is 0 Å². The second kappa shape index (κ2) is 8.01. The zero-order valence-electron chi connectivity index (χ0n) is 24.6. The number of esters is 1. The van der Waals surface area contributed by atoms with E-state index in [0.717, 1.165) is 16.7 Å². The molecular formula is C32H42O7. The van der Waals surface area contributed by atoms with Crippen LogP contribution in [0, 0.1) is 46.3 Å². The van der Waals surface area contributed by atoms with Crippen molar-refractivity contribution in [2.24, 2.45) is 46.3 Å². The Morgan fingerprint density at radius 2 is 1.74 bits per heavy atom. The molecule has 2 spiro atoms. The number of allylic oxidation sites excluding steroid dienone is 3. The smallest absolute Gasteiger partial charge is 0.302 e. The van der Waals surface area contributed by atoms with E-state index in [2.05, 4.69) is 34.6 Å². The predicted molar refractivity (Wildman–Crippen MR) is 143 cm³/mol. The average Bonchev–Trinajstić information content (AvgIpc) is 3.32. The topological polar surface area (TPSA) is 99.1 Å². The summed E-state index contributed by atoms with van der Waals surface area (Å²) in [6, 6.07) is 0. The summed E-state index contributed by atoms with van der Waals surface area (Å²) >= 11 is 0. The number of carbonyl (C=O) groups is 3. The van der Waals surface area contributed by atoms with Gasteiger partial charge in [-0.15, -0.1) is 0 Å². The van der Waals surface area contributed by atoms with Crippen molar-refractivity contribution in [3.8, 4) is 0 Å². The van der Waals surface area contributed by atoms with Crippen molar-refractivity contribution < 1.29 is 34.0 Å². The van der Waals surface area contributed by atoms with Gasteiger partial charge in [0.25, 0.3) is 0 Å². The molecule has 0 amide bonds. The molecule has 6 rings (SSSR count). The van der Waals surface area contributed by atoms with Crippen molar-refractivity contribution in [1.29, 1.82) is 0 Å². The fourth-order valence-electron chi connectivity index (χ4n) is 10.2. The van der Waals surface area contributed by atoms with E-state index in [1.807, 2.05) is 26.8 Å². The van der Waals surface area contributed by atoms with E-state index in [0.29, 0.717) is 24.0 Å². The summed E-state index contributed by atoms with van der Waals surface area (Å²) in [5, 5.41) is 11.8.